The van der Waals surface area contributed by atoms with Crippen molar-refractivity contribution in [3.8, 4) is 0 Å². The molecule has 0 aromatic rings. The lowest BCUT2D eigenvalue weighted by molar-refractivity contribution is -0.139. The molecule has 0 heterocycles. The number of carbonyl (C=O) groups excluding carboxylic acids is 2. The van der Waals surface area contributed by atoms with Crippen molar-refractivity contribution in [1.29, 1.82) is 0 Å². The van der Waals surface area contributed by atoms with E-state index in [0.717, 1.165) is 4.90 Å². The van der Waals surface area contributed by atoms with Gasteiger partial charge < -0.3 is 4.74 Å². The maximum absolute atomic E-state index is 10.9. The third kappa shape index (κ3) is 2.92. The van der Waals surface area contributed by atoms with Gasteiger partial charge in [-0.05, 0) is 18.5 Å². The summed E-state index contributed by atoms with van der Waals surface area (Å²) in [7, 11) is 1.34. The van der Waals surface area contributed by atoms with Gasteiger partial charge in [-0.3, -0.25) is 9.69 Å². The molecule has 0 bridgehead atoms. The molecule has 0 aromatic carbocycles. The van der Waals surface area contributed by atoms with Crippen LogP contribution in [0.2, 0.25) is 0 Å². The highest BCUT2D eigenvalue weighted by atomic mass is 35.5. The number of hydrogen-bond donors (Lipinski definition) is 0. The first-order valence-electron chi connectivity index (χ1n) is 3.30. The Balaban J connectivity index is 4.19. The van der Waals surface area contributed by atoms with E-state index in [4.69, 9.17) is 11.6 Å². The molecule has 0 spiro atoms. The zero-order chi connectivity index (χ0) is 9.72. The summed E-state index contributed by atoms with van der Waals surface area (Å²) in [4.78, 5) is 22.3. The molecular formula is C7H10ClNO3. The van der Waals surface area contributed by atoms with Crippen LogP contribution in [0.15, 0.2) is 12.3 Å². The van der Waals surface area contributed by atoms with E-state index in [9.17, 15) is 9.59 Å². The summed E-state index contributed by atoms with van der Waals surface area (Å²) in [5.41, 5.74) is -0.0724. The van der Waals surface area contributed by atoms with E-state index in [-0.39, 0.29) is 12.3 Å². The third-order valence-corrected chi connectivity index (χ3v) is 1.43. The lowest BCUT2D eigenvalue weighted by Crippen LogP contribution is -2.26. The van der Waals surface area contributed by atoms with Crippen molar-refractivity contribution in [2.45, 2.75) is 6.92 Å². The second-order valence-electron chi connectivity index (χ2n) is 1.98. The summed E-state index contributed by atoms with van der Waals surface area (Å²) >= 11 is 5.09. The predicted octanol–water partition coefficient (Wildman–Crippen LogP) is 1.35. The number of amides is 1. The van der Waals surface area contributed by atoms with Crippen LogP contribution in [0.5, 0.6) is 0 Å². The molecule has 4 nitrogen and oxygen atoms in total. The number of hydrogen-bond acceptors (Lipinski definition) is 3. The molecule has 0 saturated carbocycles. The summed E-state index contributed by atoms with van der Waals surface area (Å²) in [5.74, 6) is -0.644. The minimum absolute atomic E-state index is 0.0724. The number of nitrogens with zero attached hydrogens (tertiary/aromatic N) is 1. The van der Waals surface area contributed by atoms with Crippen LogP contribution in [-0.2, 0) is 9.53 Å². The number of rotatable bonds is 3. The van der Waals surface area contributed by atoms with Crippen LogP contribution < -0.4 is 0 Å². The van der Waals surface area contributed by atoms with Gasteiger partial charge in [-0.2, -0.15) is 0 Å². The Labute approximate surface area is 75.7 Å². The van der Waals surface area contributed by atoms with Gasteiger partial charge in [0.25, 0.3) is 0 Å². The molecule has 12 heavy (non-hydrogen) atoms. The van der Waals surface area contributed by atoms with Crippen molar-refractivity contribution in [1.82, 2.24) is 4.90 Å². The van der Waals surface area contributed by atoms with Gasteiger partial charge in [0.15, 0.2) is 0 Å². The van der Waals surface area contributed by atoms with Crippen molar-refractivity contribution in [2.24, 2.45) is 0 Å². The Hall–Kier alpha value is -1.03. The van der Waals surface area contributed by atoms with Gasteiger partial charge in [0.05, 0.1) is 6.61 Å². The predicted molar refractivity (Wildman–Crippen MR) is 44.8 cm³/mol. The van der Waals surface area contributed by atoms with Crippen molar-refractivity contribution < 1.29 is 14.3 Å². The molecule has 0 saturated heterocycles. The fourth-order valence-corrected chi connectivity index (χ4v) is 0.559. The second kappa shape index (κ2) is 4.77. The minimum Gasteiger partial charge on any atom is -0.461 e. The van der Waals surface area contributed by atoms with Crippen LogP contribution in [0.1, 0.15) is 6.92 Å². The lowest BCUT2D eigenvalue weighted by Gasteiger charge is -2.14. The van der Waals surface area contributed by atoms with Crippen LogP contribution in [-0.4, -0.2) is 29.9 Å². The van der Waals surface area contributed by atoms with Crippen LogP contribution in [0, 0.1) is 0 Å². The monoisotopic (exact) mass is 191 g/mol. The topological polar surface area (TPSA) is 46.6 Å². The van der Waals surface area contributed by atoms with E-state index in [0.29, 0.717) is 0 Å². The Morgan fingerprint density at radius 1 is 1.58 bits per heavy atom. The van der Waals surface area contributed by atoms with Crippen molar-refractivity contribution >= 4 is 22.9 Å². The first kappa shape index (κ1) is 11.0. The summed E-state index contributed by atoms with van der Waals surface area (Å²) in [5, 5.41) is -0.770. The Morgan fingerprint density at radius 2 is 2.08 bits per heavy atom. The molecule has 0 radical (unpaired) electrons. The Kier molecular flexibility index (Phi) is 4.36. The normalized spacial score (nSPS) is 8.92. The number of halogens is 1. The van der Waals surface area contributed by atoms with E-state index < -0.39 is 11.3 Å². The smallest absolute Gasteiger partial charge is 0.354 e. The van der Waals surface area contributed by atoms with Crippen LogP contribution in [0.25, 0.3) is 0 Å². The molecular weight excluding hydrogens is 182 g/mol. The summed E-state index contributed by atoms with van der Waals surface area (Å²) in [6.07, 6.45) is 0. The zero-order valence-corrected chi connectivity index (χ0v) is 7.72. The highest BCUT2D eigenvalue weighted by Crippen LogP contribution is 2.04. The van der Waals surface area contributed by atoms with E-state index in [2.05, 4.69) is 11.3 Å². The summed E-state index contributed by atoms with van der Waals surface area (Å²) in [6.45, 7) is 5.24. The maximum atomic E-state index is 10.9. The number of esters is 1. The average Bonchev–Trinajstić information content (AvgIpc) is 2.02. The van der Waals surface area contributed by atoms with Gasteiger partial charge in [0.1, 0.15) is 5.70 Å². The Morgan fingerprint density at radius 3 is 2.42 bits per heavy atom. The first-order chi connectivity index (χ1) is 5.50. The van der Waals surface area contributed by atoms with Crippen molar-refractivity contribution in [3.05, 3.63) is 12.3 Å². The fourth-order valence-electron chi connectivity index (χ4n) is 0.457. The third-order valence-electron chi connectivity index (χ3n) is 1.18. The fraction of sp³-hybridized carbons (Fsp3) is 0.429. The lowest BCUT2D eigenvalue weighted by atomic mass is 10.4. The minimum atomic E-state index is -0.770. The average molecular weight is 192 g/mol. The number of carbonyl (C=O) groups is 2. The zero-order valence-electron chi connectivity index (χ0n) is 6.96. The van der Waals surface area contributed by atoms with Gasteiger partial charge >= 0.3 is 11.3 Å². The molecule has 0 atom stereocenters. The van der Waals surface area contributed by atoms with E-state index >= 15 is 0 Å². The molecule has 0 aliphatic carbocycles. The second-order valence-corrected chi connectivity index (χ2v) is 2.30. The highest BCUT2D eigenvalue weighted by Gasteiger charge is 2.16. The van der Waals surface area contributed by atoms with E-state index in [1.807, 2.05) is 0 Å². The summed E-state index contributed by atoms with van der Waals surface area (Å²) < 4.78 is 4.58. The van der Waals surface area contributed by atoms with E-state index in [1.54, 1.807) is 6.92 Å². The number of ether oxygens (including phenoxy) is 1. The van der Waals surface area contributed by atoms with Gasteiger partial charge in [-0.1, -0.05) is 6.58 Å². The largest absolute Gasteiger partial charge is 0.461 e. The maximum Gasteiger partial charge on any atom is 0.354 e. The Bertz CT molecular complexity index is 215. The van der Waals surface area contributed by atoms with Crippen molar-refractivity contribution in [3.63, 3.8) is 0 Å². The first-order valence-corrected chi connectivity index (χ1v) is 3.67. The number of likely N-dealkylation sites (N-methyl/N-ethyl adjacent to an activating group) is 1. The molecule has 0 aliphatic heterocycles. The molecule has 0 fully saturated rings. The molecule has 0 aromatic heterocycles. The van der Waals surface area contributed by atoms with Crippen LogP contribution in [0.3, 0.4) is 0 Å². The SMILES string of the molecule is C=C(C(=O)OCC)N(C)C(=O)Cl. The molecule has 1 amide bonds. The van der Waals surface area contributed by atoms with Crippen LogP contribution >= 0.6 is 11.6 Å². The van der Waals surface area contributed by atoms with Crippen molar-refractivity contribution in [2.75, 3.05) is 13.7 Å². The molecule has 0 N–H and O–H groups in total. The van der Waals surface area contributed by atoms with E-state index in [1.165, 1.54) is 7.05 Å². The molecule has 0 unspecified atom stereocenters. The summed E-state index contributed by atoms with van der Waals surface area (Å²) in [6, 6.07) is 0. The highest BCUT2D eigenvalue weighted by molar-refractivity contribution is 6.63. The van der Waals surface area contributed by atoms with Gasteiger partial charge in [-0.25, -0.2) is 4.79 Å². The standard InChI is InChI=1S/C7H10ClNO3/c1-4-12-6(10)5(2)9(3)7(8)11/h2,4H2,1,3H3. The van der Waals surface area contributed by atoms with Gasteiger partial charge in [0, 0.05) is 7.05 Å². The van der Waals surface area contributed by atoms with Gasteiger partial charge in [-0.15, -0.1) is 0 Å². The van der Waals surface area contributed by atoms with Gasteiger partial charge in [0.2, 0.25) is 0 Å². The molecule has 68 valence electrons. The molecule has 0 rings (SSSR count). The molecule has 0 aliphatic rings. The quantitative estimate of drug-likeness (QED) is 0.293. The van der Waals surface area contributed by atoms with Crippen LogP contribution in [0.4, 0.5) is 4.79 Å². The molecule has 5 heteroatoms.